The van der Waals surface area contributed by atoms with E-state index in [2.05, 4.69) is 24.5 Å². The van der Waals surface area contributed by atoms with E-state index < -0.39 is 17.8 Å². The Labute approximate surface area is 152 Å². The highest BCUT2D eigenvalue weighted by Gasteiger charge is 2.44. The standard InChI is InChI=1S/C19H23FN2O2S/c1-11-16(19(24)21-2)15(25)9-10-22(11)17(18(23)12-7-8-12)13-5-3-4-6-14(13)20/h3-6,12,15-17,25H,1,7-10H2,2H3,(H,21,24). The summed E-state index contributed by atoms with van der Waals surface area (Å²) in [5.74, 6) is -1.12. The van der Waals surface area contributed by atoms with Crippen LogP contribution in [0.25, 0.3) is 0 Å². The maximum absolute atomic E-state index is 14.5. The Hall–Kier alpha value is -1.82. The highest BCUT2D eigenvalue weighted by Crippen LogP contribution is 2.42. The van der Waals surface area contributed by atoms with Gasteiger partial charge in [0.05, 0.1) is 5.92 Å². The monoisotopic (exact) mass is 362 g/mol. The van der Waals surface area contributed by atoms with Gasteiger partial charge in [-0.2, -0.15) is 12.6 Å². The molecule has 3 unspecified atom stereocenters. The minimum atomic E-state index is -0.728. The van der Waals surface area contributed by atoms with Gasteiger partial charge in [0.15, 0.2) is 5.78 Å². The first-order valence-corrected chi connectivity index (χ1v) is 9.10. The van der Waals surface area contributed by atoms with Crippen LogP contribution in [0.5, 0.6) is 0 Å². The van der Waals surface area contributed by atoms with Crippen molar-refractivity contribution in [2.24, 2.45) is 11.8 Å². The van der Waals surface area contributed by atoms with Gasteiger partial charge in [0.2, 0.25) is 5.91 Å². The number of halogens is 1. The van der Waals surface area contributed by atoms with Gasteiger partial charge in [-0.1, -0.05) is 24.8 Å². The minimum absolute atomic E-state index is 0.0134. The lowest BCUT2D eigenvalue weighted by molar-refractivity contribution is -0.128. The normalized spacial score (nSPS) is 24.8. The van der Waals surface area contributed by atoms with E-state index in [9.17, 15) is 14.0 Å². The molecule has 4 nitrogen and oxygen atoms in total. The van der Waals surface area contributed by atoms with Crippen LogP contribution in [-0.4, -0.2) is 35.4 Å². The molecule has 1 saturated carbocycles. The van der Waals surface area contributed by atoms with Gasteiger partial charge in [-0.3, -0.25) is 9.59 Å². The van der Waals surface area contributed by atoms with Gasteiger partial charge in [0.25, 0.3) is 0 Å². The van der Waals surface area contributed by atoms with Crippen LogP contribution in [-0.2, 0) is 9.59 Å². The molecular formula is C19H23FN2O2S. The number of amides is 1. The van der Waals surface area contributed by atoms with Crippen LogP contribution < -0.4 is 5.32 Å². The molecular weight excluding hydrogens is 339 g/mol. The van der Waals surface area contributed by atoms with Crippen molar-refractivity contribution < 1.29 is 14.0 Å². The van der Waals surface area contributed by atoms with Gasteiger partial charge < -0.3 is 10.2 Å². The van der Waals surface area contributed by atoms with E-state index in [1.807, 2.05) is 4.90 Å². The predicted molar refractivity (Wildman–Crippen MR) is 97.7 cm³/mol. The van der Waals surface area contributed by atoms with E-state index in [0.717, 1.165) is 12.8 Å². The minimum Gasteiger partial charge on any atom is -0.361 e. The van der Waals surface area contributed by atoms with E-state index in [-0.39, 0.29) is 22.9 Å². The number of nitrogens with one attached hydrogen (secondary N) is 1. The van der Waals surface area contributed by atoms with Gasteiger partial charge in [0.1, 0.15) is 11.9 Å². The number of hydrogen-bond donors (Lipinski definition) is 2. The van der Waals surface area contributed by atoms with E-state index in [1.165, 1.54) is 6.07 Å². The molecule has 1 aliphatic carbocycles. The summed E-state index contributed by atoms with van der Waals surface area (Å²) < 4.78 is 14.5. The smallest absolute Gasteiger partial charge is 0.229 e. The quantitative estimate of drug-likeness (QED) is 0.792. The van der Waals surface area contributed by atoms with Crippen molar-refractivity contribution >= 4 is 24.3 Å². The van der Waals surface area contributed by atoms with Crippen molar-refractivity contribution in [3.05, 3.63) is 47.9 Å². The third-order valence-corrected chi connectivity index (χ3v) is 5.62. The first kappa shape index (κ1) is 18.0. The number of ketones is 1. The number of piperidine rings is 1. The topological polar surface area (TPSA) is 49.4 Å². The number of benzene rings is 1. The van der Waals surface area contributed by atoms with Crippen molar-refractivity contribution in [2.75, 3.05) is 13.6 Å². The van der Waals surface area contributed by atoms with E-state index in [4.69, 9.17) is 0 Å². The molecule has 1 N–H and O–H groups in total. The second-order valence-electron chi connectivity index (χ2n) is 6.73. The zero-order chi connectivity index (χ0) is 18.1. The fraction of sp³-hybridized carbons (Fsp3) is 0.474. The van der Waals surface area contributed by atoms with Gasteiger partial charge >= 0.3 is 0 Å². The summed E-state index contributed by atoms with van der Waals surface area (Å²) in [5.41, 5.74) is 0.890. The van der Waals surface area contributed by atoms with Crippen LogP contribution in [0.3, 0.4) is 0 Å². The Morgan fingerprint density at radius 1 is 1.32 bits per heavy atom. The highest BCUT2D eigenvalue weighted by molar-refractivity contribution is 7.81. The molecule has 0 bridgehead atoms. The Bertz CT molecular complexity index is 704. The average Bonchev–Trinajstić information content (AvgIpc) is 3.43. The molecule has 1 amide bonds. The highest BCUT2D eigenvalue weighted by atomic mass is 32.1. The predicted octanol–water partition coefficient (Wildman–Crippen LogP) is 2.73. The Balaban J connectivity index is 1.98. The summed E-state index contributed by atoms with van der Waals surface area (Å²) in [6.07, 6.45) is 2.32. The molecule has 1 heterocycles. The molecule has 3 atom stereocenters. The maximum atomic E-state index is 14.5. The lowest BCUT2D eigenvalue weighted by atomic mass is 9.88. The Kier molecular flexibility index (Phi) is 5.18. The number of carbonyl (C=O) groups is 2. The molecule has 2 aliphatic rings. The van der Waals surface area contributed by atoms with Crippen LogP contribution >= 0.6 is 12.6 Å². The molecule has 1 aromatic carbocycles. The van der Waals surface area contributed by atoms with Crippen LogP contribution in [0.1, 0.15) is 30.9 Å². The summed E-state index contributed by atoms with van der Waals surface area (Å²) in [6.45, 7) is 4.60. The SMILES string of the molecule is C=C1C(C(=O)NC)C(S)CCN1C(C(=O)C1CC1)c1ccccc1F. The van der Waals surface area contributed by atoms with Gasteiger partial charge in [-0.25, -0.2) is 4.39 Å². The molecule has 0 radical (unpaired) electrons. The van der Waals surface area contributed by atoms with Gasteiger partial charge in [0, 0.05) is 36.0 Å². The van der Waals surface area contributed by atoms with Crippen molar-refractivity contribution in [1.29, 1.82) is 0 Å². The molecule has 134 valence electrons. The first-order valence-electron chi connectivity index (χ1n) is 8.59. The fourth-order valence-electron chi connectivity index (χ4n) is 3.52. The van der Waals surface area contributed by atoms with Crippen LogP contribution in [0, 0.1) is 17.7 Å². The third-order valence-electron chi connectivity index (χ3n) is 5.07. The number of carbonyl (C=O) groups excluding carboxylic acids is 2. The molecule has 1 aliphatic heterocycles. The summed E-state index contributed by atoms with van der Waals surface area (Å²) in [4.78, 5) is 27.0. The molecule has 1 saturated heterocycles. The third kappa shape index (κ3) is 3.45. The second-order valence-corrected chi connectivity index (χ2v) is 7.40. The Morgan fingerprint density at radius 3 is 2.60 bits per heavy atom. The molecule has 1 aromatic rings. The molecule has 2 fully saturated rings. The zero-order valence-electron chi connectivity index (χ0n) is 14.2. The molecule has 3 rings (SSSR count). The van der Waals surface area contributed by atoms with Crippen molar-refractivity contribution in [3.8, 4) is 0 Å². The van der Waals surface area contributed by atoms with Gasteiger partial charge in [-0.15, -0.1) is 0 Å². The van der Waals surface area contributed by atoms with Crippen molar-refractivity contribution in [3.63, 3.8) is 0 Å². The Morgan fingerprint density at radius 2 is 2.00 bits per heavy atom. The number of thiol groups is 1. The van der Waals surface area contributed by atoms with E-state index >= 15 is 0 Å². The van der Waals surface area contributed by atoms with Crippen molar-refractivity contribution in [1.82, 2.24) is 10.2 Å². The van der Waals surface area contributed by atoms with Crippen LogP contribution in [0.4, 0.5) is 4.39 Å². The van der Waals surface area contributed by atoms with Crippen LogP contribution in [0.2, 0.25) is 0 Å². The summed E-state index contributed by atoms with van der Waals surface area (Å²) in [5, 5.41) is 2.47. The number of nitrogens with zero attached hydrogens (tertiary/aromatic N) is 1. The summed E-state index contributed by atoms with van der Waals surface area (Å²) >= 11 is 4.52. The molecule has 6 heteroatoms. The maximum Gasteiger partial charge on any atom is 0.229 e. The summed E-state index contributed by atoms with van der Waals surface area (Å²) in [7, 11) is 1.57. The second kappa shape index (κ2) is 7.20. The number of rotatable bonds is 5. The lowest BCUT2D eigenvalue weighted by Crippen LogP contribution is -2.48. The zero-order valence-corrected chi connectivity index (χ0v) is 15.1. The van der Waals surface area contributed by atoms with E-state index in [0.29, 0.717) is 24.2 Å². The lowest BCUT2D eigenvalue weighted by Gasteiger charge is -2.43. The largest absolute Gasteiger partial charge is 0.361 e. The number of likely N-dealkylation sites (tertiary alicyclic amines) is 1. The average molecular weight is 362 g/mol. The number of Topliss-reactive ketones (excluding diaryl/α,β-unsaturated/α-hetero) is 1. The van der Waals surface area contributed by atoms with Gasteiger partial charge in [-0.05, 0) is 25.3 Å². The van der Waals surface area contributed by atoms with E-state index in [1.54, 1.807) is 25.2 Å². The van der Waals surface area contributed by atoms with Crippen molar-refractivity contribution in [2.45, 2.75) is 30.6 Å². The summed E-state index contributed by atoms with van der Waals surface area (Å²) in [6, 6.07) is 5.63. The van der Waals surface area contributed by atoms with Crippen LogP contribution in [0.15, 0.2) is 36.5 Å². The molecule has 25 heavy (non-hydrogen) atoms. The fourth-order valence-corrected chi connectivity index (χ4v) is 3.94. The molecule has 0 aromatic heterocycles. The number of hydrogen-bond acceptors (Lipinski definition) is 4. The first-order chi connectivity index (χ1) is 12.0. The molecule has 0 spiro atoms.